The maximum Gasteiger partial charge on any atom is 0.170 e. The van der Waals surface area contributed by atoms with Crippen LogP contribution in [0.25, 0.3) is 16.5 Å². The Morgan fingerprint density at radius 2 is 1.95 bits per heavy atom. The van der Waals surface area contributed by atoms with Crippen molar-refractivity contribution in [2.45, 2.75) is 6.92 Å². The fraction of sp³-hybridized carbons (Fsp3) is 0.0667. The highest BCUT2D eigenvalue weighted by molar-refractivity contribution is 6.10. The quantitative estimate of drug-likeness (QED) is 0.324. The van der Waals surface area contributed by atoms with Gasteiger partial charge in [0, 0.05) is 23.3 Å². The first-order chi connectivity index (χ1) is 9.72. The van der Waals surface area contributed by atoms with Gasteiger partial charge in [0.1, 0.15) is 5.82 Å². The highest BCUT2D eigenvalue weighted by atomic mass is 16.4. The average molecular weight is 266 g/mol. The molecule has 0 atom stereocenters. The molecular formula is C15H14N4O. The number of fused-ring (bicyclic) bond motifs is 1. The largest absolute Gasteiger partial charge is 0.409 e. The molecule has 0 bridgehead atoms. The first-order valence-corrected chi connectivity index (χ1v) is 6.22. The molecule has 0 amide bonds. The lowest BCUT2D eigenvalue weighted by molar-refractivity contribution is 0.318. The molecule has 0 aliphatic heterocycles. The predicted molar refractivity (Wildman–Crippen MR) is 78.3 cm³/mol. The van der Waals surface area contributed by atoms with Gasteiger partial charge in [-0.25, -0.2) is 4.98 Å². The highest BCUT2D eigenvalue weighted by Crippen LogP contribution is 2.26. The molecule has 1 aromatic heterocycles. The van der Waals surface area contributed by atoms with Crippen LogP contribution < -0.4 is 5.73 Å². The Kier molecular flexibility index (Phi) is 2.87. The number of benzene rings is 2. The zero-order chi connectivity index (χ0) is 14.1. The second-order valence-corrected chi connectivity index (χ2v) is 4.51. The van der Waals surface area contributed by atoms with Crippen LogP contribution in [0.2, 0.25) is 0 Å². The number of amidine groups is 1. The fourth-order valence-corrected chi connectivity index (χ4v) is 2.40. The lowest BCUT2D eigenvalue weighted by Gasteiger charge is -2.12. The van der Waals surface area contributed by atoms with Gasteiger partial charge < -0.3 is 15.5 Å². The number of aromatic nitrogens is 2. The monoisotopic (exact) mass is 266 g/mol. The zero-order valence-electron chi connectivity index (χ0n) is 11.0. The number of oxime groups is 1. The summed E-state index contributed by atoms with van der Waals surface area (Å²) < 4.78 is 2.01. The van der Waals surface area contributed by atoms with Gasteiger partial charge in [-0.1, -0.05) is 29.4 Å². The third-order valence-electron chi connectivity index (χ3n) is 3.37. The Morgan fingerprint density at radius 1 is 1.20 bits per heavy atom. The van der Waals surface area contributed by atoms with E-state index < -0.39 is 0 Å². The summed E-state index contributed by atoms with van der Waals surface area (Å²) in [6.07, 6.45) is 3.68. The van der Waals surface area contributed by atoms with E-state index in [0.29, 0.717) is 5.56 Å². The van der Waals surface area contributed by atoms with E-state index in [2.05, 4.69) is 10.1 Å². The summed E-state index contributed by atoms with van der Waals surface area (Å²) in [6.45, 7) is 1.95. The standard InChI is InChI=1S/C15H14N4O/c1-10-17-8-9-19(10)14-7-6-13(15(16)18-20)11-4-2-3-5-12(11)14/h2-9,20H,1H3,(H2,16,18). The minimum absolute atomic E-state index is 0.107. The number of nitrogens with zero attached hydrogens (tertiary/aromatic N) is 3. The average Bonchev–Trinajstić information content (AvgIpc) is 2.91. The summed E-state index contributed by atoms with van der Waals surface area (Å²) in [5.41, 5.74) is 7.47. The third kappa shape index (κ3) is 1.80. The smallest absolute Gasteiger partial charge is 0.170 e. The summed E-state index contributed by atoms with van der Waals surface area (Å²) >= 11 is 0. The van der Waals surface area contributed by atoms with E-state index in [-0.39, 0.29) is 5.84 Å². The van der Waals surface area contributed by atoms with E-state index in [1.165, 1.54) is 0 Å². The van der Waals surface area contributed by atoms with Gasteiger partial charge in [-0.15, -0.1) is 0 Å². The van der Waals surface area contributed by atoms with Gasteiger partial charge in [0.05, 0.1) is 5.69 Å². The summed E-state index contributed by atoms with van der Waals surface area (Å²) in [6, 6.07) is 11.7. The number of aryl methyl sites for hydroxylation is 1. The lowest BCUT2D eigenvalue weighted by Crippen LogP contribution is -2.14. The van der Waals surface area contributed by atoms with Crippen LogP contribution in [0.1, 0.15) is 11.4 Å². The molecule has 0 aliphatic carbocycles. The van der Waals surface area contributed by atoms with Crippen LogP contribution in [0, 0.1) is 6.92 Å². The van der Waals surface area contributed by atoms with Gasteiger partial charge in [0.15, 0.2) is 5.84 Å². The van der Waals surface area contributed by atoms with Crippen molar-refractivity contribution in [2.75, 3.05) is 0 Å². The van der Waals surface area contributed by atoms with E-state index >= 15 is 0 Å². The Morgan fingerprint density at radius 3 is 2.60 bits per heavy atom. The molecule has 2 aromatic carbocycles. The number of imidazole rings is 1. The van der Waals surface area contributed by atoms with Crippen LogP contribution >= 0.6 is 0 Å². The van der Waals surface area contributed by atoms with Crippen molar-refractivity contribution in [2.24, 2.45) is 10.9 Å². The molecule has 0 aliphatic rings. The molecule has 3 aromatic rings. The molecule has 1 heterocycles. The Bertz CT molecular complexity index is 804. The molecule has 100 valence electrons. The molecule has 3 N–H and O–H groups in total. The molecule has 5 nitrogen and oxygen atoms in total. The molecule has 0 saturated carbocycles. The van der Waals surface area contributed by atoms with Crippen molar-refractivity contribution in [1.82, 2.24) is 9.55 Å². The second kappa shape index (κ2) is 4.70. The number of nitrogens with two attached hydrogens (primary N) is 1. The van der Waals surface area contributed by atoms with Crippen LogP contribution in [-0.2, 0) is 0 Å². The van der Waals surface area contributed by atoms with Gasteiger partial charge in [0.2, 0.25) is 0 Å². The first-order valence-electron chi connectivity index (χ1n) is 6.22. The third-order valence-corrected chi connectivity index (χ3v) is 3.37. The Hall–Kier alpha value is -2.82. The predicted octanol–water partition coefficient (Wildman–Crippen LogP) is 2.43. The van der Waals surface area contributed by atoms with Crippen molar-refractivity contribution in [3.63, 3.8) is 0 Å². The minimum atomic E-state index is 0.107. The van der Waals surface area contributed by atoms with Crippen molar-refractivity contribution in [3.8, 4) is 5.69 Å². The molecule has 5 heteroatoms. The summed E-state index contributed by atoms with van der Waals surface area (Å²) in [7, 11) is 0. The van der Waals surface area contributed by atoms with Crippen LogP contribution in [0.3, 0.4) is 0 Å². The van der Waals surface area contributed by atoms with Crippen molar-refractivity contribution in [3.05, 3.63) is 60.2 Å². The van der Waals surface area contributed by atoms with Gasteiger partial charge >= 0.3 is 0 Å². The molecule has 0 saturated heterocycles. The fourth-order valence-electron chi connectivity index (χ4n) is 2.40. The lowest BCUT2D eigenvalue weighted by atomic mass is 10.0. The van der Waals surface area contributed by atoms with Crippen LogP contribution in [0.4, 0.5) is 0 Å². The minimum Gasteiger partial charge on any atom is -0.409 e. The summed E-state index contributed by atoms with van der Waals surface area (Å²) in [5, 5.41) is 14.0. The van der Waals surface area contributed by atoms with Crippen LogP contribution in [0.15, 0.2) is 53.9 Å². The van der Waals surface area contributed by atoms with Crippen molar-refractivity contribution < 1.29 is 5.21 Å². The maximum atomic E-state index is 8.89. The van der Waals surface area contributed by atoms with Crippen LogP contribution in [0.5, 0.6) is 0 Å². The molecule has 20 heavy (non-hydrogen) atoms. The first kappa shape index (κ1) is 12.2. The SMILES string of the molecule is Cc1nccn1-c1ccc(/C(N)=N/O)c2ccccc12. The molecule has 0 fully saturated rings. The van der Waals surface area contributed by atoms with Crippen molar-refractivity contribution >= 4 is 16.6 Å². The number of hydrogen-bond acceptors (Lipinski definition) is 3. The van der Waals surface area contributed by atoms with E-state index in [9.17, 15) is 0 Å². The molecule has 3 rings (SSSR count). The van der Waals surface area contributed by atoms with Crippen molar-refractivity contribution in [1.29, 1.82) is 0 Å². The Labute approximate surface area is 116 Å². The van der Waals surface area contributed by atoms with Gasteiger partial charge in [-0.3, -0.25) is 0 Å². The number of hydrogen-bond donors (Lipinski definition) is 2. The van der Waals surface area contributed by atoms with Gasteiger partial charge in [-0.05, 0) is 24.4 Å². The normalized spacial score (nSPS) is 11.9. The van der Waals surface area contributed by atoms with Crippen LogP contribution in [-0.4, -0.2) is 20.6 Å². The summed E-state index contributed by atoms with van der Waals surface area (Å²) in [4.78, 5) is 4.25. The van der Waals surface area contributed by atoms with E-state index in [1.807, 2.05) is 54.1 Å². The second-order valence-electron chi connectivity index (χ2n) is 4.51. The number of rotatable bonds is 2. The maximum absolute atomic E-state index is 8.89. The van der Waals surface area contributed by atoms with E-state index in [0.717, 1.165) is 22.3 Å². The topological polar surface area (TPSA) is 76.4 Å². The molecule has 0 radical (unpaired) electrons. The zero-order valence-corrected chi connectivity index (χ0v) is 11.0. The molecule has 0 unspecified atom stereocenters. The summed E-state index contributed by atoms with van der Waals surface area (Å²) in [5.74, 6) is 1.02. The highest BCUT2D eigenvalue weighted by Gasteiger charge is 2.11. The van der Waals surface area contributed by atoms with Gasteiger partial charge in [-0.2, -0.15) is 0 Å². The molecular weight excluding hydrogens is 252 g/mol. The van der Waals surface area contributed by atoms with E-state index in [4.69, 9.17) is 10.9 Å². The van der Waals surface area contributed by atoms with E-state index in [1.54, 1.807) is 6.20 Å². The molecule has 0 spiro atoms. The Balaban J connectivity index is 2.35. The van der Waals surface area contributed by atoms with Gasteiger partial charge in [0.25, 0.3) is 0 Å².